The van der Waals surface area contributed by atoms with Crippen LogP contribution in [0.3, 0.4) is 0 Å². The minimum absolute atomic E-state index is 0.212. The number of rotatable bonds is 4. The molecule has 0 aliphatic heterocycles. The molecule has 0 saturated carbocycles. The fourth-order valence-electron chi connectivity index (χ4n) is 2.43. The van der Waals surface area contributed by atoms with Crippen molar-refractivity contribution < 1.29 is 4.79 Å². The van der Waals surface area contributed by atoms with Crippen LogP contribution in [0.25, 0.3) is 11.4 Å². The molecule has 0 unspecified atom stereocenters. The van der Waals surface area contributed by atoms with Gasteiger partial charge in [-0.25, -0.2) is 9.36 Å². The summed E-state index contributed by atoms with van der Waals surface area (Å²) in [6, 6.07) is 16.3. The summed E-state index contributed by atoms with van der Waals surface area (Å²) in [6.45, 7) is 0. The molecule has 7 nitrogen and oxygen atoms in total. The Morgan fingerprint density at radius 2 is 1.85 bits per heavy atom. The minimum atomic E-state index is -0.345. The summed E-state index contributed by atoms with van der Waals surface area (Å²) in [5, 5.41) is 15.5. The van der Waals surface area contributed by atoms with Crippen molar-refractivity contribution in [1.29, 1.82) is 0 Å². The van der Waals surface area contributed by atoms with Gasteiger partial charge in [0.15, 0.2) is 5.69 Å². The third-order valence-corrected chi connectivity index (χ3v) is 3.94. The van der Waals surface area contributed by atoms with E-state index in [0.29, 0.717) is 10.7 Å². The van der Waals surface area contributed by atoms with Gasteiger partial charge in [-0.1, -0.05) is 22.9 Å². The second-order valence-electron chi connectivity index (χ2n) is 5.48. The van der Waals surface area contributed by atoms with E-state index < -0.39 is 0 Å². The van der Waals surface area contributed by atoms with Crippen molar-refractivity contribution in [2.75, 3.05) is 5.32 Å². The normalized spacial score (nSPS) is 10.7. The number of anilines is 1. The Morgan fingerprint density at radius 3 is 2.62 bits per heavy atom. The molecule has 0 aliphatic carbocycles. The number of hydrogen-bond acceptors (Lipinski definition) is 4. The molecule has 1 amide bonds. The van der Waals surface area contributed by atoms with Gasteiger partial charge in [0, 0.05) is 23.1 Å². The molecule has 2 aromatic carbocycles. The van der Waals surface area contributed by atoms with E-state index >= 15 is 0 Å². The van der Waals surface area contributed by atoms with Crippen LogP contribution in [-0.2, 0) is 0 Å². The summed E-state index contributed by atoms with van der Waals surface area (Å²) in [5.41, 5.74) is 2.47. The molecule has 0 aliphatic rings. The van der Waals surface area contributed by atoms with E-state index in [0.717, 1.165) is 11.4 Å². The average molecular weight is 365 g/mol. The van der Waals surface area contributed by atoms with Crippen LogP contribution in [0.4, 0.5) is 5.69 Å². The molecule has 4 aromatic rings. The molecular formula is C18H13ClN6O. The standard InChI is InChI=1S/C18H13ClN6O/c19-13-5-7-15(8-6-13)25-12-17(22-23-25)18(26)21-14-3-1-4-16(11-14)24-10-2-9-20-24/h1-12H,(H,21,26). The van der Waals surface area contributed by atoms with Gasteiger partial charge in [-0.2, -0.15) is 5.10 Å². The first kappa shape index (κ1) is 16.0. The second kappa shape index (κ2) is 6.81. The highest BCUT2D eigenvalue weighted by atomic mass is 35.5. The molecule has 0 bridgehead atoms. The molecule has 1 N–H and O–H groups in total. The monoisotopic (exact) mass is 364 g/mol. The van der Waals surface area contributed by atoms with E-state index in [1.807, 2.05) is 30.5 Å². The Hall–Kier alpha value is -3.45. The van der Waals surface area contributed by atoms with Crippen LogP contribution < -0.4 is 5.32 Å². The largest absolute Gasteiger partial charge is 0.320 e. The molecule has 26 heavy (non-hydrogen) atoms. The molecule has 2 aromatic heterocycles. The number of carbonyl (C=O) groups excluding carboxylic acids is 1. The maximum atomic E-state index is 12.4. The molecule has 2 heterocycles. The predicted octanol–water partition coefficient (Wildman–Crippen LogP) is 3.36. The van der Waals surface area contributed by atoms with Gasteiger partial charge in [-0.05, 0) is 48.5 Å². The summed E-state index contributed by atoms with van der Waals surface area (Å²) in [5.74, 6) is -0.345. The highest BCUT2D eigenvalue weighted by Crippen LogP contribution is 2.16. The van der Waals surface area contributed by atoms with Crippen molar-refractivity contribution in [3.05, 3.63) is 83.9 Å². The predicted molar refractivity (Wildman–Crippen MR) is 97.9 cm³/mol. The maximum Gasteiger partial charge on any atom is 0.277 e. The summed E-state index contributed by atoms with van der Waals surface area (Å²) < 4.78 is 3.23. The molecule has 8 heteroatoms. The Balaban J connectivity index is 1.52. The third-order valence-electron chi connectivity index (χ3n) is 3.69. The van der Waals surface area contributed by atoms with Crippen molar-refractivity contribution in [2.45, 2.75) is 0 Å². The molecular weight excluding hydrogens is 352 g/mol. The van der Waals surface area contributed by atoms with Gasteiger partial charge in [-0.15, -0.1) is 5.10 Å². The van der Waals surface area contributed by atoms with Crippen LogP contribution in [0.5, 0.6) is 0 Å². The van der Waals surface area contributed by atoms with E-state index in [9.17, 15) is 4.79 Å². The zero-order valence-electron chi connectivity index (χ0n) is 13.5. The number of carbonyl (C=O) groups is 1. The molecule has 0 spiro atoms. The smallest absolute Gasteiger partial charge is 0.277 e. The fraction of sp³-hybridized carbons (Fsp3) is 0. The fourth-order valence-corrected chi connectivity index (χ4v) is 2.56. The molecule has 0 radical (unpaired) electrons. The van der Waals surface area contributed by atoms with Gasteiger partial charge in [0.2, 0.25) is 0 Å². The Morgan fingerprint density at radius 1 is 1.00 bits per heavy atom. The highest BCUT2D eigenvalue weighted by molar-refractivity contribution is 6.30. The summed E-state index contributed by atoms with van der Waals surface area (Å²) in [4.78, 5) is 12.4. The SMILES string of the molecule is O=C(Nc1cccc(-n2cccn2)c1)c1cn(-c2ccc(Cl)cc2)nn1. The van der Waals surface area contributed by atoms with Crippen LogP contribution in [-0.4, -0.2) is 30.7 Å². The lowest BCUT2D eigenvalue weighted by atomic mass is 10.2. The van der Waals surface area contributed by atoms with Gasteiger partial charge in [0.1, 0.15) is 0 Å². The Bertz CT molecular complexity index is 1040. The number of halogens is 1. The van der Waals surface area contributed by atoms with E-state index in [1.165, 1.54) is 4.68 Å². The summed E-state index contributed by atoms with van der Waals surface area (Å²) in [7, 11) is 0. The maximum absolute atomic E-state index is 12.4. The van der Waals surface area contributed by atoms with Crippen LogP contribution >= 0.6 is 11.6 Å². The highest BCUT2D eigenvalue weighted by Gasteiger charge is 2.12. The summed E-state index contributed by atoms with van der Waals surface area (Å²) in [6.07, 6.45) is 5.09. The lowest BCUT2D eigenvalue weighted by Gasteiger charge is -2.06. The van der Waals surface area contributed by atoms with Crippen LogP contribution in [0.1, 0.15) is 10.5 Å². The van der Waals surface area contributed by atoms with Gasteiger partial charge in [0.25, 0.3) is 5.91 Å². The zero-order chi connectivity index (χ0) is 17.9. The number of benzene rings is 2. The first-order valence-electron chi connectivity index (χ1n) is 7.79. The van der Waals surface area contributed by atoms with Gasteiger partial charge >= 0.3 is 0 Å². The average Bonchev–Trinajstić information content (AvgIpc) is 3.35. The molecule has 128 valence electrons. The van der Waals surface area contributed by atoms with Gasteiger partial charge in [0.05, 0.1) is 17.6 Å². The quantitative estimate of drug-likeness (QED) is 0.602. The van der Waals surface area contributed by atoms with Crippen molar-refractivity contribution in [1.82, 2.24) is 24.8 Å². The molecule has 0 atom stereocenters. The first-order valence-corrected chi connectivity index (χ1v) is 8.16. The molecule has 0 fully saturated rings. The second-order valence-corrected chi connectivity index (χ2v) is 5.92. The zero-order valence-corrected chi connectivity index (χ0v) is 14.2. The number of nitrogens with one attached hydrogen (secondary N) is 1. The minimum Gasteiger partial charge on any atom is -0.320 e. The third kappa shape index (κ3) is 3.33. The number of nitrogens with zero attached hydrogens (tertiary/aromatic N) is 5. The van der Waals surface area contributed by atoms with E-state index in [2.05, 4.69) is 20.7 Å². The van der Waals surface area contributed by atoms with Gasteiger partial charge in [-0.3, -0.25) is 4.79 Å². The van der Waals surface area contributed by atoms with Crippen LogP contribution in [0.2, 0.25) is 5.02 Å². The van der Waals surface area contributed by atoms with Crippen molar-refractivity contribution in [3.63, 3.8) is 0 Å². The number of aromatic nitrogens is 5. The topological polar surface area (TPSA) is 77.6 Å². The van der Waals surface area contributed by atoms with E-state index in [4.69, 9.17) is 11.6 Å². The van der Waals surface area contributed by atoms with Crippen LogP contribution in [0, 0.1) is 0 Å². The van der Waals surface area contributed by atoms with Gasteiger partial charge < -0.3 is 5.32 Å². The van der Waals surface area contributed by atoms with Crippen molar-refractivity contribution in [3.8, 4) is 11.4 Å². The van der Waals surface area contributed by atoms with E-state index in [-0.39, 0.29) is 11.6 Å². The van der Waals surface area contributed by atoms with E-state index in [1.54, 1.807) is 47.4 Å². The molecule has 0 saturated heterocycles. The number of hydrogen-bond donors (Lipinski definition) is 1. The summed E-state index contributed by atoms with van der Waals surface area (Å²) >= 11 is 5.88. The Kier molecular flexibility index (Phi) is 4.20. The lowest BCUT2D eigenvalue weighted by Crippen LogP contribution is -2.12. The number of amides is 1. The van der Waals surface area contributed by atoms with Crippen molar-refractivity contribution >= 4 is 23.2 Å². The Labute approximate surface area is 153 Å². The van der Waals surface area contributed by atoms with Crippen molar-refractivity contribution in [2.24, 2.45) is 0 Å². The molecule has 4 rings (SSSR count). The first-order chi connectivity index (χ1) is 12.7. The lowest BCUT2D eigenvalue weighted by molar-refractivity contribution is 0.102. The van der Waals surface area contributed by atoms with Crippen LogP contribution in [0.15, 0.2) is 73.2 Å².